The van der Waals surface area contributed by atoms with Crippen LogP contribution in [0.1, 0.15) is 11.1 Å². The second-order valence-electron chi connectivity index (χ2n) is 4.30. The summed E-state index contributed by atoms with van der Waals surface area (Å²) < 4.78 is 0. The lowest BCUT2D eigenvalue weighted by atomic mass is 10.2. The van der Waals surface area contributed by atoms with Crippen LogP contribution in [-0.2, 0) is 0 Å². The van der Waals surface area contributed by atoms with Crippen LogP contribution < -0.4 is 0 Å². The van der Waals surface area contributed by atoms with E-state index in [0.717, 1.165) is 25.2 Å². The summed E-state index contributed by atoms with van der Waals surface area (Å²) in [5.74, 6) is 5.94. The van der Waals surface area contributed by atoms with Crippen LogP contribution in [0.3, 0.4) is 0 Å². The molecule has 0 aliphatic carbocycles. The summed E-state index contributed by atoms with van der Waals surface area (Å²) in [5, 5.41) is 28.1. The van der Waals surface area contributed by atoms with E-state index >= 15 is 0 Å². The van der Waals surface area contributed by atoms with Gasteiger partial charge in [0.05, 0.1) is 4.92 Å². The van der Waals surface area contributed by atoms with Crippen LogP contribution in [0.4, 0.5) is 5.69 Å². The molecule has 0 fully saturated rings. The highest BCUT2D eigenvalue weighted by atomic mass is 16.6. The van der Waals surface area contributed by atoms with Crippen LogP contribution in [0.25, 0.3) is 0 Å². The van der Waals surface area contributed by atoms with Crippen LogP contribution >= 0.6 is 0 Å². The standard InChI is InChI=1S/C14H9NO2.2CH3NO2/c16-15(17)14-10-8-13(9-11-14)7-6-12-4-2-1-3-5-12;2*1-2(3)4/h1-5,8-11H;2*1H3. The van der Waals surface area contributed by atoms with Crippen molar-refractivity contribution in [2.75, 3.05) is 14.1 Å². The number of benzene rings is 2. The van der Waals surface area contributed by atoms with Gasteiger partial charge in [0, 0.05) is 33.1 Å². The lowest BCUT2D eigenvalue weighted by Crippen LogP contribution is -1.86. The molecular weight excluding hydrogens is 330 g/mol. The first kappa shape index (κ1) is 21.2. The Balaban J connectivity index is 0.000000609. The molecule has 0 aliphatic heterocycles. The Labute approximate surface area is 143 Å². The summed E-state index contributed by atoms with van der Waals surface area (Å²) in [7, 11) is 1.78. The minimum atomic E-state index is -0.500. The Hall–Kier alpha value is -3.80. The van der Waals surface area contributed by atoms with Crippen LogP contribution in [0.5, 0.6) is 0 Å². The van der Waals surface area contributed by atoms with Crippen molar-refractivity contribution in [2.45, 2.75) is 0 Å². The Bertz CT molecular complexity index is 744. The van der Waals surface area contributed by atoms with E-state index in [-0.39, 0.29) is 5.69 Å². The van der Waals surface area contributed by atoms with E-state index in [1.165, 1.54) is 12.1 Å². The summed E-state index contributed by atoms with van der Waals surface area (Å²) in [6, 6.07) is 15.8. The van der Waals surface area contributed by atoms with Gasteiger partial charge >= 0.3 is 0 Å². The maximum atomic E-state index is 10.5. The highest BCUT2D eigenvalue weighted by Crippen LogP contribution is 2.11. The number of hydrogen-bond donors (Lipinski definition) is 0. The summed E-state index contributed by atoms with van der Waals surface area (Å²) in [6.07, 6.45) is 0. The minimum absolute atomic E-state index is 0.0789. The van der Waals surface area contributed by atoms with E-state index < -0.39 is 14.8 Å². The maximum absolute atomic E-state index is 10.5. The lowest BCUT2D eigenvalue weighted by molar-refractivity contribution is -0.445. The van der Waals surface area contributed by atoms with Gasteiger partial charge in [0.2, 0.25) is 0 Å². The van der Waals surface area contributed by atoms with Gasteiger partial charge in [-0.05, 0) is 24.3 Å². The van der Waals surface area contributed by atoms with Crippen LogP contribution in [0, 0.1) is 42.2 Å². The number of nitro groups is 3. The number of non-ortho nitro benzene ring substituents is 1. The van der Waals surface area contributed by atoms with Crippen molar-refractivity contribution >= 4 is 5.69 Å². The largest absolute Gasteiger partial charge is 0.269 e. The first-order valence-corrected chi connectivity index (χ1v) is 6.70. The maximum Gasteiger partial charge on any atom is 0.269 e. The van der Waals surface area contributed by atoms with Crippen LogP contribution in [0.2, 0.25) is 0 Å². The fourth-order valence-corrected chi connectivity index (χ4v) is 1.33. The van der Waals surface area contributed by atoms with E-state index in [4.69, 9.17) is 20.2 Å². The van der Waals surface area contributed by atoms with Crippen molar-refractivity contribution in [3.63, 3.8) is 0 Å². The third kappa shape index (κ3) is 12.4. The minimum Gasteiger partial charge on any atom is -0.265 e. The Kier molecular flexibility index (Phi) is 9.94. The van der Waals surface area contributed by atoms with Crippen LogP contribution in [0.15, 0.2) is 54.6 Å². The van der Waals surface area contributed by atoms with E-state index in [1.807, 2.05) is 30.3 Å². The Morgan fingerprint density at radius 3 is 1.40 bits per heavy atom. The monoisotopic (exact) mass is 345 g/mol. The molecule has 0 N–H and O–H groups in total. The van der Waals surface area contributed by atoms with Gasteiger partial charge in [0.25, 0.3) is 5.69 Å². The molecule has 0 amide bonds. The van der Waals surface area contributed by atoms with Gasteiger partial charge in [0.1, 0.15) is 0 Å². The topological polar surface area (TPSA) is 129 Å². The zero-order chi connectivity index (χ0) is 19.2. The highest BCUT2D eigenvalue weighted by Gasteiger charge is 2.01. The normalized spacial score (nSPS) is 8.24. The molecule has 0 saturated heterocycles. The highest BCUT2D eigenvalue weighted by molar-refractivity contribution is 5.45. The fourth-order valence-electron chi connectivity index (χ4n) is 1.33. The van der Waals surface area contributed by atoms with E-state index in [0.29, 0.717) is 0 Å². The van der Waals surface area contributed by atoms with E-state index in [2.05, 4.69) is 11.8 Å². The second-order valence-corrected chi connectivity index (χ2v) is 4.30. The molecule has 2 aromatic rings. The molecule has 25 heavy (non-hydrogen) atoms. The van der Waals surface area contributed by atoms with Gasteiger partial charge in [-0.25, -0.2) is 0 Å². The first-order valence-electron chi connectivity index (χ1n) is 6.70. The number of rotatable bonds is 1. The quantitative estimate of drug-likeness (QED) is 0.444. The van der Waals surface area contributed by atoms with Crippen LogP contribution in [-0.4, -0.2) is 28.9 Å². The van der Waals surface area contributed by atoms with E-state index in [9.17, 15) is 10.1 Å². The smallest absolute Gasteiger partial charge is 0.265 e. The molecule has 0 bridgehead atoms. The molecule has 9 nitrogen and oxygen atoms in total. The SMILES string of the molecule is C[N+](=O)[O-].C[N+](=O)[O-].O=[N+]([O-])c1ccc(C#Cc2ccccc2)cc1. The van der Waals surface area contributed by atoms with Gasteiger partial charge in [-0.2, -0.15) is 0 Å². The molecule has 0 aromatic heterocycles. The predicted molar refractivity (Wildman–Crippen MR) is 91.4 cm³/mol. The number of hydrogen-bond acceptors (Lipinski definition) is 6. The summed E-state index contributed by atoms with van der Waals surface area (Å²) in [6.45, 7) is 0. The molecule has 0 heterocycles. The lowest BCUT2D eigenvalue weighted by Gasteiger charge is -1.91. The zero-order valence-electron chi connectivity index (χ0n) is 13.5. The second kappa shape index (κ2) is 11.7. The molecule has 0 radical (unpaired) electrons. The molecule has 130 valence electrons. The van der Waals surface area contributed by atoms with Gasteiger partial charge in [0.15, 0.2) is 14.1 Å². The Morgan fingerprint density at radius 1 is 0.680 bits per heavy atom. The number of nitrogens with zero attached hydrogens (tertiary/aromatic N) is 3. The third-order valence-electron chi connectivity index (χ3n) is 2.20. The van der Waals surface area contributed by atoms with Crippen molar-refractivity contribution < 1.29 is 14.8 Å². The average molecular weight is 345 g/mol. The third-order valence-corrected chi connectivity index (χ3v) is 2.20. The van der Waals surface area contributed by atoms with Crippen molar-refractivity contribution in [1.82, 2.24) is 0 Å². The van der Waals surface area contributed by atoms with Gasteiger partial charge < -0.3 is 0 Å². The molecular formula is C16H15N3O6. The summed E-state index contributed by atoms with van der Waals surface area (Å²) >= 11 is 0. The van der Waals surface area contributed by atoms with Crippen molar-refractivity contribution in [1.29, 1.82) is 0 Å². The molecule has 0 aliphatic rings. The van der Waals surface area contributed by atoms with Gasteiger partial charge in [-0.15, -0.1) is 0 Å². The molecule has 0 saturated carbocycles. The summed E-state index contributed by atoms with van der Waals surface area (Å²) in [4.78, 5) is 26.6. The van der Waals surface area contributed by atoms with Gasteiger partial charge in [-0.3, -0.25) is 30.3 Å². The molecule has 2 aromatic carbocycles. The predicted octanol–water partition coefficient (Wildman–Crippen LogP) is 2.78. The molecule has 9 heteroatoms. The van der Waals surface area contributed by atoms with Crippen molar-refractivity contribution in [3.8, 4) is 11.8 Å². The van der Waals surface area contributed by atoms with E-state index in [1.54, 1.807) is 12.1 Å². The summed E-state index contributed by atoms with van der Waals surface area (Å²) in [5.41, 5.74) is 1.76. The Morgan fingerprint density at radius 2 is 1.04 bits per heavy atom. The average Bonchev–Trinajstić information content (AvgIpc) is 2.53. The molecule has 0 unspecified atom stereocenters. The zero-order valence-corrected chi connectivity index (χ0v) is 13.5. The molecule has 0 spiro atoms. The van der Waals surface area contributed by atoms with Gasteiger partial charge in [-0.1, -0.05) is 30.0 Å². The van der Waals surface area contributed by atoms with Crippen molar-refractivity contribution in [3.05, 3.63) is 96.1 Å². The first-order chi connectivity index (χ1) is 11.7. The number of nitro benzene ring substituents is 1. The van der Waals surface area contributed by atoms with Crippen molar-refractivity contribution in [2.24, 2.45) is 0 Å². The fraction of sp³-hybridized carbons (Fsp3) is 0.125. The molecule has 2 rings (SSSR count). The molecule has 0 atom stereocenters.